The molecule has 0 unspecified atom stereocenters. The molecule has 0 aliphatic carbocycles. The molecule has 0 saturated carbocycles. The number of urea groups is 1. The molecule has 0 fully saturated rings. The molecule has 0 saturated heterocycles. The zero-order chi connectivity index (χ0) is 12.3. The lowest BCUT2D eigenvalue weighted by Gasteiger charge is -2.11. The first-order valence-electron chi connectivity index (χ1n) is 5.09. The number of carbonyl (C=O) groups is 1. The normalized spacial score (nSPS) is 10.8. The van der Waals surface area contributed by atoms with Crippen LogP contribution in [0.25, 0.3) is 0 Å². The van der Waals surface area contributed by atoms with Crippen LogP contribution in [0.4, 0.5) is 4.79 Å². The molecular weight excluding hydrogens is 202 g/mol. The molecule has 0 heterocycles. The Hall–Kier alpha value is -1.84. The SMILES string of the molecule is Cc1cc(C)c(C)c(C=NNC(N)=O)c1C. The van der Waals surface area contributed by atoms with Crippen LogP contribution < -0.4 is 11.2 Å². The Bertz CT molecular complexity index is 424. The highest BCUT2D eigenvalue weighted by molar-refractivity contribution is 5.85. The van der Waals surface area contributed by atoms with E-state index in [2.05, 4.69) is 30.4 Å². The number of nitrogens with one attached hydrogen (secondary N) is 1. The maximum absolute atomic E-state index is 10.5. The Kier molecular flexibility index (Phi) is 3.66. The van der Waals surface area contributed by atoms with Crippen LogP contribution in [-0.4, -0.2) is 12.2 Å². The Morgan fingerprint density at radius 2 is 1.75 bits per heavy atom. The number of carbonyl (C=O) groups excluding carboxylic acids is 1. The van der Waals surface area contributed by atoms with Crippen molar-refractivity contribution < 1.29 is 4.79 Å². The zero-order valence-corrected chi connectivity index (χ0v) is 10.1. The Morgan fingerprint density at radius 1 is 1.25 bits per heavy atom. The van der Waals surface area contributed by atoms with E-state index >= 15 is 0 Å². The van der Waals surface area contributed by atoms with E-state index in [-0.39, 0.29) is 0 Å². The van der Waals surface area contributed by atoms with Crippen molar-refractivity contribution in [2.75, 3.05) is 0 Å². The minimum Gasteiger partial charge on any atom is -0.350 e. The highest BCUT2D eigenvalue weighted by Crippen LogP contribution is 2.19. The smallest absolute Gasteiger partial charge is 0.332 e. The average molecular weight is 219 g/mol. The third-order valence-electron chi connectivity index (χ3n) is 2.79. The number of hydrogen-bond acceptors (Lipinski definition) is 2. The number of nitrogens with zero attached hydrogens (tertiary/aromatic N) is 1. The van der Waals surface area contributed by atoms with Crippen molar-refractivity contribution in [3.63, 3.8) is 0 Å². The molecule has 0 aliphatic heterocycles. The summed E-state index contributed by atoms with van der Waals surface area (Å²) in [6.07, 6.45) is 1.63. The molecule has 0 spiro atoms. The highest BCUT2D eigenvalue weighted by Gasteiger charge is 2.05. The Balaban J connectivity index is 3.12. The van der Waals surface area contributed by atoms with Crippen LogP contribution in [0, 0.1) is 27.7 Å². The molecular formula is C12H17N3O. The van der Waals surface area contributed by atoms with Crippen LogP contribution in [0.15, 0.2) is 11.2 Å². The summed E-state index contributed by atoms with van der Waals surface area (Å²) in [5.74, 6) is 0. The topological polar surface area (TPSA) is 67.5 Å². The summed E-state index contributed by atoms with van der Waals surface area (Å²) >= 11 is 0. The highest BCUT2D eigenvalue weighted by atomic mass is 16.2. The van der Waals surface area contributed by atoms with Gasteiger partial charge in [0.05, 0.1) is 6.21 Å². The van der Waals surface area contributed by atoms with Crippen molar-refractivity contribution >= 4 is 12.2 Å². The molecule has 86 valence electrons. The van der Waals surface area contributed by atoms with Crippen molar-refractivity contribution in [3.8, 4) is 0 Å². The third kappa shape index (κ3) is 2.59. The van der Waals surface area contributed by atoms with Crippen molar-refractivity contribution in [2.24, 2.45) is 10.8 Å². The van der Waals surface area contributed by atoms with Crippen molar-refractivity contribution in [1.82, 2.24) is 5.43 Å². The van der Waals surface area contributed by atoms with Gasteiger partial charge in [-0.05, 0) is 49.9 Å². The quantitative estimate of drug-likeness (QED) is 0.579. The number of primary amides is 1. The monoisotopic (exact) mass is 219 g/mol. The van der Waals surface area contributed by atoms with Crippen molar-refractivity contribution in [1.29, 1.82) is 0 Å². The average Bonchev–Trinajstić information content (AvgIpc) is 2.20. The first-order valence-corrected chi connectivity index (χ1v) is 5.09. The molecule has 0 bridgehead atoms. The zero-order valence-electron chi connectivity index (χ0n) is 10.1. The standard InChI is InChI=1S/C12H17N3O/c1-7-5-8(2)10(4)11(9(7)3)6-14-15-12(13)16/h5-6H,1-4H3,(H3,13,15,16). The first kappa shape index (κ1) is 12.2. The molecule has 16 heavy (non-hydrogen) atoms. The number of hydrogen-bond donors (Lipinski definition) is 2. The van der Waals surface area contributed by atoms with Gasteiger partial charge in [0.1, 0.15) is 0 Å². The molecule has 1 aromatic carbocycles. The Labute approximate surface area is 95.5 Å². The number of nitrogens with two attached hydrogens (primary N) is 1. The van der Waals surface area contributed by atoms with Crippen LogP contribution in [0.2, 0.25) is 0 Å². The molecule has 4 nitrogen and oxygen atoms in total. The van der Waals surface area contributed by atoms with Crippen molar-refractivity contribution in [3.05, 3.63) is 33.9 Å². The number of amides is 2. The molecule has 0 radical (unpaired) electrons. The third-order valence-corrected chi connectivity index (χ3v) is 2.79. The molecule has 3 N–H and O–H groups in total. The van der Waals surface area contributed by atoms with Gasteiger partial charge >= 0.3 is 6.03 Å². The fraction of sp³-hybridized carbons (Fsp3) is 0.333. The van der Waals surface area contributed by atoms with E-state index in [1.54, 1.807) is 6.21 Å². The van der Waals surface area contributed by atoms with Crippen LogP contribution in [0.3, 0.4) is 0 Å². The van der Waals surface area contributed by atoms with Gasteiger partial charge in [-0.2, -0.15) is 5.10 Å². The molecule has 0 atom stereocenters. The van der Waals surface area contributed by atoms with Gasteiger partial charge in [0, 0.05) is 5.56 Å². The second-order valence-corrected chi connectivity index (χ2v) is 3.91. The molecule has 2 amide bonds. The number of aryl methyl sites for hydroxylation is 2. The van der Waals surface area contributed by atoms with E-state index in [1.165, 1.54) is 11.1 Å². The summed E-state index contributed by atoms with van der Waals surface area (Å²) < 4.78 is 0. The summed E-state index contributed by atoms with van der Waals surface area (Å²) in [7, 11) is 0. The lowest BCUT2D eigenvalue weighted by molar-refractivity contribution is 0.249. The predicted octanol–water partition coefficient (Wildman–Crippen LogP) is 1.92. The van der Waals surface area contributed by atoms with Crippen LogP contribution >= 0.6 is 0 Å². The van der Waals surface area contributed by atoms with Crippen LogP contribution in [-0.2, 0) is 0 Å². The van der Waals surface area contributed by atoms with E-state index in [1.807, 2.05) is 13.8 Å². The second-order valence-electron chi connectivity index (χ2n) is 3.91. The minimum absolute atomic E-state index is 0.657. The molecule has 1 rings (SSSR count). The van der Waals surface area contributed by atoms with E-state index < -0.39 is 6.03 Å². The molecule has 1 aromatic rings. The van der Waals surface area contributed by atoms with Gasteiger partial charge in [-0.3, -0.25) is 0 Å². The fourth-order valence-electron chi connectivity index (χ4n) is 1.60. The summed E-state index contributed by atoms with van der Waals surface area (Å²) in [5.41, 5.74) is 12.9. The number of benzene rings is 1. The maximum Gasteiger partial charge on any atom is 0.332 e. The van der Waals surface area contributed by atoms with Gasteiger partial charge in [-0.15, -0.1) is 0 Å². The van der Waals surface area contributed by atoms with Gasteiger partial charge in [-0.25, -0.2) is 10.2 Å². The van der Waals surface area contributed by atoms with Gasteiger partial charge in [0.15, 0.2) is 0 Å². The summed E-state index contributed by atoms with van der Waals surface area (Å²) in [6, 6.07) is 1.49. The van der Waals surface area contributed by atoms with E-state index in [0.29, 0.717) is 0 Å². The minimum atomic E-state index is -0.657. The van der Waals surface area contributed by atoms with Gasteiger partial charge in [-0.1, -0.05) is 6.07 Å². The first-order chi connectivity index (χ1) is 7.43. The molecule has 0 aliphatic rings. The van der Waals surface area contributed by atoms with Gasteiger partial charge < -0.3 is 5.73 Å². The van der Waals surface area contributed by atoms with E-state index in [4.69, 9.17) is 5.73 Å². The summed E-state index contributed by atoms with van der Waals surface area (Å²) in [6.45, 7) is 8.18. The second kappa shape index (κ2) is 4.79. The van der Waals surface area contributed by atoms with E-state index in [0.717, 1.165) is 16.7 Å². The van der Waals surface area contributed by atoms with Gasteiger partial charge in [0.2, 0.25) is 0 Å². The van der Waals surface area contributed by atoms with Crippen molar-refractivity contribution in [2.45, 2.75) is 27.7 Å². The summed E-state index contributed by atoms with van der Waals surface area (Å²) in [5, 5.41) is 3.80. The molecule has 4 heteroatoms. The summed E-state index contributed by atoms with van der Waals surface area (Å²) in [4.78, 5) is 10.5. The maximum atomic E-state index is 10.5. The number of rotatable bonds is 2. The molecule has 0 aromatic heterocycles. The lowest BCUT2D eigenvalue weighted by Crippen LogP contribution is -2.24. The largest absolute Gasteiger partial charge is 0.350 e. The fourth-order valence-corrected chi connectivity index (χ4v) is 1.60. The predicted molar refractivity (Wildman–Crippen MR) is 65.7 cm³/mol. The van der Waals surface area contributed by atoms with Gasteiger partial charge in [0.25, 0.3) is 0 Å². The van der Waals surface area contributed by atoms with E-state index in [9.17, 15) is 4.79 Å². The Morgan fingerprint density at radius 3 is 2.19 bits per heavy atom. The lowest BCUT2D eigenvalue weighted by atomic mass is 9.95. The van der Waals surface area contributed by atoms with Crippen LogP contribution in [0.1, 0.15) is 27.8 Å². The van der Waals surface area contributed by atoms with Crippen LogP contribution in [0.5, 0.6) is 0 Å². The number of hydrazone groups is 1.